The fraction of sp³-hybridized carbons (Fsp3) is 0.357. The number of carbonyl (C=O) groups excluding carboxylic acids is 1. The van der Waals surface area contributed by atoms with Gasteiger partial charge in [0.25, 0.3) is 5.91 Å². The molecular formula is C14H15FN4O3S2. The third kappa shape index (κ3) is 3.60. The van der Waals surface area contributed by atoms with Gasteiger partial charge in [-0.2, -0.15) is 4.31 Å². The summed E-state index contributed by atoms with van der Waals surface area (Å²) in [4.78, 5) is 12.2. The molecule has 2 heterocycles. The van der Waals surface area contributed by atoms with Crippen molar-refractivity contribution in [3.05, 3.63) is 40.1 Å². The molecule has 1 aromatic carbocycles. The highest BCUT2D eigenvalue weighted by Gasteiger charge is 2.35. The minimum Gasteiger partial charge on any atom is -0.320 e. The Labute approximate surface area is 142 Å². The van der Waals surface area contributed by atoms with Crippen LogP contribution in [0.25, 0.3) is 0 Å². The minimum atomic E-state index is -3.33. The van der Waals surface area contributed by atoms with Crippen molar-refractivity contribution in [1.82, 2.24) is 14.5 Å². The number of hydrogen-bond donors (Lipinski definition) is 1. The topological polar surface area (TPSA) is 92.3 Å². The van der Waals surface area contributed by atoms with Crippen LogP contribution in [0.4, 0.5) is 10.1 Å². The molecule has 1 atom stereocenters. The molecule has 128 valence electrons. The van der Waals surface area contributed by atoms with Crippen molar-refractivity contribution >= 4 is 33.0 Å². The van der Waals surface area contributed by atoms with Crippen LogP contribution in [0, 0.1) is 5.82 Å². The van der Waals surface area contributed by atoms with Gasteiger partial charge in [0.15, 0.2) is 0 Å². The summed E-state index contributed by atoms with van der Waals surface area (Å²) in [7, 11) is -3.33. The van der Waals surface area contributed by atoms with E-state index in [9.17, 15) is 17.6 Å². The monoisotopic (exact) mass is 370 g/mol. The highest BCUT2D eigenvalue weighted by atomic mass is 32.2. The first kappa shape index (κ1) is 16.9. The molecule has 1 aliphatic rings. The molecule has 0 radical (unpaired) electrons. The van der Waals surface area contributed by atoms with E-state index in [2.05, 4.69) is 15.5 Å². The van der Waals surface area contributed by atoms with Crippen molar-refractivity contribution in [2.75, 3.05) is 18.1 Å². The summed E-state index contributed by atoms with van der Waals surface area (Å²) in [5.41, 5.74) is 0.315. The van der Waals surface area contributed by atoms with Gasteiger partial charge in [-0.1, -0.05) is 17.4 Å². The number of nitrogens with one attached hydrogen (secondary N) is 1. The van der Waals surface area contributed by atoms with Crippen LogP contribution in [0.2, 0.25) is 0 Å². The average Bonchev–Trinajstić information content (AvgIpc) is 3.15. The van der Waals surface area contributed by atoms with E-state index in [0.717, 1.165) is 24.0 Å². The summed E-state index contributed by atoms with van der Waals surface area (Å²) >= 11 is 1.05. The van der Waals surface area contributed by atoms with E-state index in [1.807, 2.05) is 0 Å². The number of sulfonamides is 1. The molecule has 2 aromatic rings. The maximum Gasteiger partial charge on any atom is 0.286 e. The van der Waals surface area contributed by atoms with Crippen molar-refractivity contribution in [3.63, 3.8) is 0 Å². The van der Waals surface area contributed by atoms with Gasteiger partial charge in [0.1, 0.15) is 10.8 Å². The maximum absolute atomic E-state index is 13.1. The number of nitrogens with zero attached hydrogens (tertiary/aromatic N) is 3. The largest absolute Gasteiger partial charge is 0.320 e. The van der Waals surface area contributed by atoms with Gasteiger partial charge in [-0.3, -0.25) is 4.79 Å². The van der Waals surface area contributed by atoms with E-state index in [4.69, 9.17) is 0 Å². The lowest BCUT2D eigenvalue weighted by atomic mass is 10.2. The standard InChI is InChI=1S/C14H15FN4O3S2/c1-24(21,22)19-7-3-6-11(19)13-17-18-14(23-13)12(20)16-10-5-2-4-9(15)8-10/h2,4-5,8,11H,3,6-7H2,1H3,(H,16,20). The summed E-state index contributed by atoms with van der Waals surface area (Å²) < 4.78 is 38.1. The number of anilines is 1. The second-order valence-corrected chi connectivity index (χ2v) is 8.39. The Bertz CT molecular complexity index is 868. The molecular weight excluding hydrogens is 355 g/mol. The molecule has 1 amide bonds. The van der Waals surface area contributed by atoms with Crippen molar-refractivity contribution in [2.45, 2.75) is 18.9 Å². The van der Waals surface area contributed by atoms with Crippen LogP contribution in [0.3, 0.4) is 0 Å². The van der Waals surface area contributed by atoms with Gasteiger partial charge in [0, 0.05) is 12.2 Å². The summed E-state index contributed by atoms with van der Waals surface area (Å²) in [5, 5.41) is 10.9. The van der Waals surface area contributed by atoms with Crippen LogP contribution in [-0.2, 0) is 10.0 Å². The Morgan fingerprint density at radius 2 is 2.21 bits per heavy atom. The Morgan fingerprint density at radius 1 is 1.42 bits per heavy atom. The summed E-state index contributed by atoms with van der Waals surface area (Å²) in [6, 6.07) is 5.14. The molecule has 24 heavy (non-hydrogen) atoms. The molecule has 0 aliphatic carbocycles. The Hall–Kier alpha value is -1.91. The van der Waals surface area contributed by atoms with Crippen LogP contribution >= 0.6 is 11.3 Å². The van der Waals surface area contributed by atoms with Gasteiger partial charge in [-0.25, -0.2) is 12.8 Å². The van der Waals surface area contributed by atoms with E-state index in [1.165, 1.54) is 22.5 Å². The van der Waals surface area contributed by atoms with Gasteiger partial charge in [-0.05, 0) is 31.0 Å². The van der Waals surface area contributed by atoms with Gasteiger partial charge in [0.05, 0.1) is 12.3 Å². The first-order valence-electron chi connectivity index (χ1n) is 7.22. The van der Waals surface area contributed by atoms with Crippen molar-refractivity contribution in [2.24, 2.45) is 0 Å². The molecule has 0 saturated carbocycles. The van der Waals surface area contributed by atoms with E-state index < -0.39 is 21.7 Å². The van der Waals surface area contributed by atoms with Crippen molar-refractivity contribution in [3.8, 4) is 0 Å². The fourth-order valence-corrected chi connectivity index (χ4v) is 4.68. The summed E-state index contributed by atoms with van der Waals surface area (Å²) in [5.74, 6) is -0.964. The second-order valence-electron chi connectivity index (χ2n) is 5.44. The number of halogens is 1. The predicted octanol–water partition coefficient (Wildman–Crippen LogP) is 2.03. The number of benzene rings is 1. The highest BCUT2D eigenvalue weighted by molar-refractivity contribution is 7.88. The smallest absolute Gasteiger partial charge is 0.286 e. The zero-order valence-electron chi connectivity index (χ0n) is 12.8. The molecule has 3 rings (SSSR count). The van der Waals surface area contributed by atoms with Crippen LogP contribution in [0.15, 0.2) is 24.3 Å². The lowest BCUT2D eigenvalue weighted by Gasteiger charge is -2.19. The minimum absolute atomic E-state index is 0.106. The number of rotatable bonds is 4. The zero-order valence-corrected chi connectivity index (χ0v) is 14.4. The van der Waals surface area contributed by atoms with Gasteiger partial charge >= 0.3 is 0 Å². The van der Waals surface area contributed by atoms with E-state index in [-0.39, 0.29) is 11.0 Å². The van der Waals surface area contributed by atoms with Crippen LogP contribution in [-0.4, -0.2) is 41.6 Å². The molecule has 1 aromatic heterocycles. The summed E-state index contributed by atoms with van der Waals surface area (Å²) in [6.45, 7) is 0.438. The molecule has 1 fully saturated rings. The van der Waals surface area contributed by atoms with Crippen LogP contribution < -0.4 is 5.32 Å². The second kappa shape index (κ2) is 6.54. The van der Waals surface area contributed by atoms with Crippen molar-refractivity contribution in [1.29, 1.82) is 0 Å². The molecule has 1 unspecified atom stereocenters. The zero-order chi connectivity index (χ0) is 17.3. The van der Waals surface area contributed by atoms with Gasteiger partial charge in [-0.15, -0.1) is 10.2 Å². The molecule has 0 bridgehead atoms. The third-order valence-electron chi connectivity index (χ3n) is 3.63. The quantitative estimate of drug-likeness (QED) is 0.889. The maximum atomic E-state index is 13.1. The normalized spacial score (nSPS) is 18.7. The SMILES string of the molecule is CS(=O)(=O)N1CCCC1c1nnc(C(=O)Nc2cccc(F)c2)s1. The van der Waals surface area contributed by atoms with Gasteiger partial charge < -0.3 is 5.32 Å². The number of hydrogen-bond acceptors (Lipinski definition) is 6. The first-order chi connectivity index (χ1) is 11.3. The Morgan fingerprint density at radius 3 is 2.92 bits per heavy atom. The summed E-state index contributed by atoms with van der Waals surface area (Å²) in [6.07, 6.45) is 2.54. The number of aromatic nitrogens is 2. The Balaban J connectivity index is 1.77. The van der Waals surface area contributed by atoms with Crippen molar-refractivity contribution < 1.29 is 17.6 Å². The molecule has 10 heteroatoms. The molecule has 0 spiro atoms. The lowest BCUT2D eigenvalue weighted by Crippen LogP contribution is -2.29. The highest BCUT2D eigenvalue weighted by Crippen LogP contribution is 2.35. The van der Waals surface area contributed by atoms with E-state index in [0.29, 0.717) is 23.7 Å². The molecule has 7 nitrogen and oxygen atoms in total. The molecule has 1 saturated heterocycles. The van der Waals surface area contributed by atoms with Crippen LogP contribution in [0.1, 0.15) is 33.7 Å². The van der Waals surface area contributed by atoms with Gasteiger partial charge in [0.2, 0.25) is 15.0 Å². The Kier molecular flexibility index (Phi) is 4.61. The number of carbonyl (C=O) groups is 1. The fourth-order valence-electron chi connectivity index (χ4n) is 2.60. The molecule has 1 N–H and O–H groups in total. The third-order valence-corrected chi connectivity index (χ3v) is 5.94. The lowest BCUT2D eigenvalue weighted by molar-refractivity contribution is 0.102. The van der Waals surface area contributed by atoms with E-state index in [1.54, 1.807) is 6.07 Å². The number of amides is 1. The predicted molar refractivity (Wildman–Crippen MR) is 87.8 cm³/mol. The van der Waals surface area contributed by atoms with E-state index >= 15 is 0 Å². The van der Waals surface area contributed by atoms with Crippen LogP contribution in [0.5, 0.6) is 0 Å². The molecule has 1 aliphatic heterocycles. The average molecular weight is 370 g/mol. The first-order valence-corrected chi connectivity index (χ1v) is 9.88.